The van der Waals surface area contributed by atoms with Gasteiger partial charge in [0.25, 0.3) is 0 Å². The Hall–Kier alpha value is -0.870. The van der Waals surface area contributed by atoms with Crippen LogP contribution in [0, 0.1) is 5.41 Å². The second kappa shape index (κ2) is 6.72. The van der Waals surface area contributed by atoms with Gasteiger partial charge in [-0.15, -0.1) is 0 Å². The zero-order valence-corrected chi connectivity index (χ0v) is 13.4. The SMILES string of the molecule is CCOCc1nc(Cl)cc(N2CCCC(C)(C)CC2)n1. The molecule has 0 N–H and O–H groups in total. The molecule has 0 unspecified atom stereocenters. The molecule has 0 aliphatic carbocycles. The van der Waals surface area contributed by atoms with Crippen LogP contribution in [0.5, 0.6) is 0 Å². The van der Waals surface area contributed by atoms with Crippen molar-refractivity contribution in [2.45, 2.75) is 46.6 Å². The van der Waals surface area contributed by atoms with E-state index in [0.29, 0.717) is 29.6 Å². The molecule has 20 heavy (non-hydrogen) atoms. The first-order valence-electron chi connectivity index (χ1n) is 7.36. The van der Waals surface area contributed by atoms with Crippen molar-refractivity contribution in [2.24, 2.45) is 5.41 Å². The van der Waals surface area contributed by atoms with Crippen LogP contribution in [0.1, 0.15) is 45.9 Å². The van der Waals surface area contributed by atoms with Gasteiger partial charge >= 0.3 is 0 Å². The molecule has 1 saturated heterocycles. The molecule has 0 radical (unpaired) electrons. The van der Waals surface area contributed by atoms with Gasteiger partial charge in [0, 0.05) is 25.8 Å². The maximum absolute atomic E-state index is 6.11. The predicted octanol–water partition coefficient (Wildman–Crippen LogP) is 3.68. The summed E-state index contributed by atoms with van der Waals surface area (Å²) in [5, 5.41) is 0.494. The fourth-order valence-corrected chi connectivity index (χ4v) is 2.72. The molecule has 0 spiro atoms. The van der Waals surface area contributed by atoms with E-state index < -0.39 is 0 Å². The monoisotopic (exact) mass is 297 g/mol. The topological polar surface area (TPSA) is 38.2 Å². The summed E-state index contributed by atoms with van der Waals surface area (Å²) in [6.07, 6.45) is 3.62. The molecule has 2 heterocycles. The molecule has 0 aromatic carbocycles. The molecule has 112 valence electrons. The molecule has 0 atom stereocenters. The van der Waals surface area contributed by atoms with E-state index in [4.69, 9.17) is 16.3 Å². The van der Waals surface area contributed by atoms with Crippen molar-refractivity contribution >= 4 is 17.4 Å². The Balaban J connectivity index is 2.13. The highest BCUT2D eigenvalue weighted by Gasteiger charge is 2.24. The first-order chi connectivity index (χ1) is 9.50. The second-order valence-corrected chi connectivity index (χ2v) is 6.49. The Morgan fingerprint density at radius 1 is 1.30 bits per heavy atom. The first-order valence-corrected chi connectivity index (χ1v) is 7.74. The summed E-state index contributed by atoms with van der Waals surface area (Å²) in [4.78, 5) is 11.1. The third-order valence-corrected chi connectivity index (χ3v) is 4.02. The Labute approximate surface area is 126 Å². The maximum atomic E-state index is 6.11. The van der Waals surface area contributed by atoms with Crippen molar-refractivity contribution in [2.75, 3.05) is 24.6 Å². The largest absolute Gasteiger partial charge is 0.374 e. The summed E-state index contributed by atoms with van der Waals surface area (Å²) in [7, 11) is 0. The second-order valence-electron chi connectivity index (χ2n) is 6.11. The van der Waals surface area contributed by atoms with Gasteiger partial charge in [-0.05, 0) is 31.6 Å². The molecule has 5 heteroatoms. The summed E-state index contributed by atoms with van der Waals surface area (Å²) in [5.41, 5.74) is 0.416. The summed E-state index contributed by atoms with van der Waals surface area (Å²) in [6.45, 7) is 9.77. The molecule has 1 aromatic rings. The number of anilines is 1. The zero-order valence-electron chi connectivity index (χ0n) is 12.7. The van der Waals surface area contributed by atoms with Crippen LogP contribution < -0.4 is 4.90 Å². The van der Waals surface area contributed by atoms with Crippen molar-refractivity contribution in [3.8, 4) is 0 Å². The van der Waals surface area contributed by atoms with Gasteiger partial charge in [0.2, 0.25) is 0 Å². The minimum absolute atomic E-state index is 0.416. The third-order valence-electron chi connectivity index (χ3n) is 3.83. The number of aromatic nitrogens is 2. The molecule has 2 rings (SSSR count). The number of rotatable bonds is 4. The minimum atomic E-state index is 0.416. The highest BCUT2D eigenvalue weighted by Crippen LogP contribution is 2.31. The minimum Gasteiger partial charge on any atom is -0.374 e. The number of hydrogen-bond acceptors (Lipinski definition) is 4. The van der Waals surface area contributed by atoms with E-state index in [9.17, 15) is 0 Å². The van der Waals surface area contributed by atoms with Gasteiger partial charge in [0.05, 0.1) is 0 Å². The Bertz CT molecular complexity index is 451. The fraction of sp³-hybridized carbons (Fsp3) is 0.733. The fourth-order valence-electron chi connectivity index (χ4n) is 2.52. The number of halogens is 1. The van der Waals surface area contributed by atoms with Gasteiger partial charge in [-0.25, -0.2) is 9.97 Å². The van der Waals surface area contributed by atoms with Crippen LogP contribution in [0.25, 0.3) is 0 Å². The van der Waals surface area contributed by atoms with Crippen LogP contribution in [0.3, 0.4) is 0 Å². The van der Waals surface area contributed by atoms with E-state index >= 15 is 0 Å². The maximum Gasteiger partial charge on any atom is 0.158 e. The van der Waals surface area contributed by atoms with E-state index in [1.807, 2.05) is 13.0 Å². The molecule has 0 amide bonds. The lowest BCUT2D eigenvalue weighted by Crippen LogP contribution is -2.26. The first kappa shape index (κ1) is 15.5. The van der Waals surface area contributed by atoms with E-state index in [2.05, 4.69) is 28.7 Å². The van der Waals surface area contributed by atoms with E-state index in [1.54, 1.807) is 0 Å². The summed E-state index contributed by atoms with van der Waals surface area (Å²) in [5.74, 6) is 1.59. The van der Waals surface area contributed by atoms with Crippen LogP contribution in [0.15, 0.2) is 6.07 Å². The summed E-state index contributed by atoms with van der Waals surface area (Å²) < 4.78 is 5.37. The van der Waals surface area contributed by atoms with Crippen molar-refractivity contribution < 1.29 is 4.74 Å². The average Bonchev–Trinajstić information content (AvgIpc) is 2.57. The van der Waals surface area contributed by atoms with Gasteiger partial charge < -0.3 is 9.64 Å². The summed E-state index contributed by atoms with van der Waals surface area (Å²) >= 11 is 6.11. The van der Waals surface area contributed by atoms with Gasteiger partial charge in [0.1, 0.15) is 17.6 Å². The van der Waals surface area contributed by atoms with Gasteiger partial charge in [0.15, 0.2) is 5.82 Å². The van der Waals surface area contributed by atoms with Crippen molar-refractivity contribution in [3.63, 3.8) is 0 Å². The smallest absolute Gasteiger partial charge is 0.158 e. The third kappa shape index (κ3) is 4.32. The van der Waals surface area contributed by atoms with Crippen LogP contribution in [0.4, 0.5) is 5.82 Å². The van der Waals surface area contributed by atoms with E-state index in [-0.39, 0.29) is 0 Å². The van der Waals surface area contributed by atoms with Crippen LogP contribution in [-0.2, 0) is 11.3 Å². The molecule has 0 bridgehead atoms. The highest BCUT2D eigenvalue weighted by molar-refractivity contribution is 6.29. The highest BCUT2D eigenvalue weighted by atomic mass is 35.5. The van der Waals surface area contributed by atoms with Crippen LogP contribution in [-0.4, -0.2) is 29.7 Å². The zero-order chi connectivity index (χ0) is 14.6. The van der Waals surface area contributed by atoms with Crippen molar-refractivity contribution in [1.82, 2.24) is 9.97 Å². The molecule has 4 nitrogen and oxygen atoms in total. The number of nitrogens with zero attached hydrogens (tertiary/aromatic N) is 3. The molecule has 0 saturated carbocycles. The number of ether oxygens (including phenoxy) is 1. The molecule has 1 aliphatic rings. The van der Waals surface area contributed by atoms with Gasteiger partial charge in [-0.1, -0.05) is 25.4 Å². The Kier molecular flexibility index (Phi) is 5.22. The lowest BCUT2D eigenvalue weighted by atomic mass is 9.85. The van der Waals surface area contributed by atoms with Crippen molar-refractivity contribution in [3.05, 3.63) is 17.0 Å². The normalized spacial score (nSPS) is 18.9. The van der Waals surface area contributed by atoms with Crippen LogP contribution >= 0.6 is 11.6 Å². The standard InChI is InChI=1S/C15H24ClN3O/c1-4-20-11-13-17-12(16)10-14(18-13)19-8-5-6-15(2,3)7-9-19/h10H,4-9,11H2,1-3H3. The lowest BCUT2D eigenvalue weighted by Gasteiger charge is -2.24. The number of hydrogen-bond donors (Lipinski definition) is 0. The van der Waals surface area contributed by atoms with E-state index in [0.717, 1.165) is 18.9 Å². The molecule has 1 aliphatic heterocycles. The van der Waals surface area contributed by atoms with Gasteiger partial charge in [-0.3, -0.25) is 0 Å². The quantitative estimate of drug-likeness (QED) is 0.795. The molecule has 1 aromatic heterocycles. The molecule has 1 fully saturated rings. The van der Waals surface area contributed by atoms with E-state index in [1.165, 1.54) is 19.3 Å². The Morgan fingerprint density at radius 2 is 2.10 bits per heavy atom. The summed E-state index contributed by atoms with van der Waals surface area (Å²) in [6, 6.07) is 1.86. The lowest BCUT2D eigenvalue weighted by molar-refractivity contribution is 0.128. The average molecular weight is 298 g/mol. The van der Waals surface area contributed by atoms with Crippen molar-refractivity contribution in [1.29, 1.82) is 0 Å². The molecular formula is C15H24ClN3O. The Morgan fingerprint density at radius 3 is 2.85 bits per heavy atom. The van der Waals surface area contributed by atoms with Crippen LogP contribution in [0.2, 0.25) is 5.15 Å². The molecular weight excluding hydrogens is 274 g/mol. The predicted molar refractivity (Wildman–Crippen MR) is 82.2 cm³/mol. The van der Waals surface area contributed by atoms with Gasteiger partial charge in [-0.2, -0.15) is 0 Å².